The summed E-state index contributed by atoms with van der Waals surface area (Å²) in [6, 6.07) is 13.7. The third-order valence-corrected chi connectivity index (χ3v) is 4.02. The second-order valence-electron chi connectivity index (χ2n) is 6.81. The van der Waals surface area contributed by atoms with Crippen LogP contribution < -0.4 is 14.8 Å². The average molecular weight is 355 g/mol. The highest BCUT2D eigenvalue weighted by Gasteiger charge is 2.18. The van der Waals surface area contributed by atoms with Gasteiger partial charge in [-0.25, -0.2) is 0 Å². The summed E-state index contributed by atoms with van der Waals surface area (Å²) < 4.78 is 11.6. The van der Waals surface area contributed by atoms with E-state index in [-0.39, 0.29) is 12.0 Å². The molecular formula is C22H29NO3. The predicted molar refractivity (Wildman–Crippen MR) is 105 cm³/mol. The molecule has 26 heavy (non-hydrogen) atoms. The van der Waals surface area contributed by atoms with Crippen LogP contribution in [-0.2, 0) is 11.3 Å². The zero-order chi connectivity index (χ0) is 19.1. The summed E-state index contributed by atoms with van der Waals surface area (Å²) in [5.74, 6) is 1.49. The van der Waals surface area contributed by atoms with Crippen molar-refractivity contribution in [2.45, 2.75) is 59.8 Å². The summed E-state index contributed by atoms with van der Waals surface area (Å²) in [4.78, 5) is 12.5. The van der Waals surface area contributed by atoms with Gasteiger partial charge in [-0.15, -0.1) is 0 Å². The lowest BCUT2D eigenvalue weighted by molar-refractivity contribution is -0.128. The quantitative estimate of drug-likeness (QED) is 0.755. The van der Waals surface area contributed by atoms with Crippen LogP contribution in [0.25, 0.3) is 0 Å². The Morgan fingerprint density at radius 2 is 1.73 bits per heavy atom. The molecule has 2 aromatic rings. The van der Waals surface area contributed by atoms with Gasteiger partial charge in [0.1, 0.15) is 11.5 Å². The molecule has 0 saturated carbocycles. The number of carbonyl (C=O) groups excluding carboxylic acids is 1. The molecule has 2 rings (SSSR count). The minimum absolute atomic E-state index is 0.102. The molecule has 0 aliphatic rings. The van der Waals surface area contributed by atoms with E-state index in [9.17, 15) is 4.79 Å². The molecule has 1 N–H and O–H groups in total. The number of nitrogens with one attached hydrogen (secondary N) is 1. The minimum atomic E-state index is -0.500. The second-order valence-corrected chi connectivity index (χ2v) is 6.81. The van der Waals surface area contributed by atoms with Gasteiger partial charge in [0.05, 0.1) is 6.10 Å². The van der Waals surface area contributed by atoms with E-state index in [1.807, 2.05) is 71.0 Å². The Hall–Kier alpha value is -2.49. The van der Waals surface area contributed by atoms with Gasteiger partial charge in [-0.2, -0.15) is 0 Å². The molecular weight excluding hydrogens is 326 g/mol. The Bertz CT molecular complexity index is 723. The molecule has 0 heterocycles. The summed E-state index contributed by atoms with van der Waals surface area (Å²) in [6.45, 7) is 10.4. The number of carbonyl (C=O) groups is 1. The highest BCUT2D eigenvalue weighted by atomic mass is 16.5. The van der Waals surface area contributed by atoms with Gasteiger partial charge >= 0.3 is 0 Å². The van der Waals surface area contributed by atoms with Crippen LogP contribution in [-0.4, -0.2) is 18.1 Å². The fraction of sp³-hybridized carbons (Fsp3) is 0.409. The Kier molecular flexibility index (Phi) is 7.07. The number of aryl methyl sites for hydroxylation is 2. The van der Waals surface area contributed by atoms with Crippen LogP contribution in [0.2, 0.25) is 0 Å². The van der Waals surface area contributed by atoms with Crippen molar-refractivity contribution < 1.29 is 14.3 Å². The number of amides is 1. The fourth-order valence-electron chi connectivity index (χ4n) is 2.67. The summed E-state index contributed by atoms with van der Waals surface area (Å²) in [5, 5.41) is 2.96. The van der Waals surface area contributed by atoms with Gasteiger partial charge < -0.3 is 14.8 Å². The molecule has 0 aliphatic carbocycles. The third kappa shape index (κ3) is 5.80. The molecule has 4 nitrogen and oxygen atoms in total. The van der Waals surface area contributed by atoms with Gasteiger partial charge in [0, 0.05) is 6.54 Å². The largest absolute Gasteiger partial charge is 0.491 e. The number of hydrogen-bond acceptors (Lipinski definition) is 3. The second kappa shape index (κ2) is 9.27. The van der Waals surface area contributed by atoms with Crippen LogP contribution in [0.1, 0.15) is 43.9 Å². The van der Waals surface area contributed by atoms with Gasteiger partial charge in [-0.3, -0.25) is 4.79 Å². The van der Waals surface area contributed by atoms with E-state index < -0.39 is 6.10 Å². The molecule has 0 unspecified atom stereocenters. The van der Waals surface area contributed by atoms with Gasteiger partial charge in [-0.05, 0) is 63.4 Å². The van der Waals surface area contributed by atoms with E-state index in [0.29, 0.717) is 13.0 Å². The molecule has 0 bridgehead atoms. The van der Waals surface area contributed by atoms with E-state index in [4.69, 9.17) is 9.47 Å². The highest BCUT2D eigenvalue weighted by Crippen LogP contribution is 2.21. The van der Waals surface area contributed by atoms with Crippen molar-refractivity contribution in [1.82, 2.24) is 5.32 Å². The van der Waals surface area contributed by atoms with Crippen molar-refractivity contribution in [2.75, 3.05) is 0 Å². The van der Waals surface area contributed by atoms with Crippen molar-refractivity contribution >= 4 is 5.91 Å². The Labute approximate surface area is 156 Å². The van der Waals surface area contributed by atoms with E-state index in [1.165, 1.54) is 5.56 Å². The molecule has 0 radical (unpaired) electrons. The molecule has 0 spiro atoms. The Morgan fingerprint density at radius 3 is 2.31 bits per heavy atom. The normalized spacial score (nSPS) is 11.9. The lowest BCUT2D eigenvalue weighted by Crippen LogP contribution is -2.37. The minimum Gasteiger partial charge on any atom is -0.491 e. The van der Waals surface area contributed by atoms with Crippen molar-refractivity contribution in [2.24, 2.45) is 0 Å². The first kappa shape index (κ1) is 19.8. The summed E-state index contributed by atoms with van der Waals surface area (Å²) in [7, 11) is 0. The van der Waals surface area contributed by atoms with E-state index in [2.05, 4.69) is 11.4 Å². The molecule has 1 atom stereocenters. The SMILES string of the molecule is CC[C@H](Oc1ccc(C)cc1C)C(=O)NCc1ccc(OC(C)C)cc1. The number of benzene rings is 2. The molecule has 0 aromatic heterocycles. The number of ether oxygens (including phenoxy) is 2. The van der Waals surface area contributed by atoms with E-state index in [0.717, 1.165) is 22.6 Å². The molecule has 1 amide bonds. The van der Waals surface area contributed by atoms with Crippen LogP contribution in [0.5, 0.6) is 11.5 Å². The van der Waals surface area contributed by atoms with E-state index >= 15 is 0 Å². The molecule has 0 aliphatic heterocycles. The maximum atomic E-state index is 12.5. The fourth-order valence-corrected chi connectivity index (χ4v) is 2.67. The smallest absolute Gasteiger partial charge is 0.261 e. The lowest BCUT2D eigenvalue weighted by Gasteiger charge is -2.19. The standard InChI is InChI=1S/C22H29NO3/c1-6-20(26-21-12-7-16(4)13-17(21)5)22(24)23-14-18-8-10-19(11-9-18)25-15(2)3/h7-13,15,20H,6,14H2,1-5H3,(H,23,24)/t20-/m0/s1. The Morgan fingerprint density at radius 1 is 1.04 bits per heavy atom. The first-order chi connectivity index (χ1) is 12.4. The summed E-state index contributed by atoms with van der Waals surface area (Å²) >= 11 is 0. The Balaban J connectivity index is 1.92. The van der Waals surface area contributed by atoms with Crippen LogP contribution in [0, 0.1) is 13.8 Å². The first-order valence-electron chi connectivity index (χ1n) is 9.16. The summed E-state index contributed by atoms with van der Waals surface area (Å²) in [6.07, 6.45) is 0.258. The van der Waals surface area contributed by atoms with Crippen LogP contribution in [0.3, 0.4) is 0 Å². The third-order valence-electron chi connectivity index (χ3n) is 4.02. The van der Waals surface area contributed by atoms with Gasteiger partial charge in [0.25, 0.3) is 5.91 Å². The summed E-state index contributed by atoms with van der Waals surface area (Å²) in [5.41, 5.74) is 3.24. The molecule has 0 fully saturated rings. The van der Waals surface area contributed by atoms with Crippen LogP contribution in [0.15, 0.2) is 42.5 Å². The highest BCUT2D eigenvalue weighted by molar-refractivity contribution is 5.81. The number of hydrogen-bond donors (Lipinski definition) is 1. The predicted octanol–water partition coefficient (Wildman–Crippen LogP) is 4.56. The lowest BCUT2D eigenvalue weighted by atomic mass is 10.1. The number of rotatable bonds is 8. The van der Waals surface area contributed by atoms with E-state index in [1.54, 1.807) is 0 Å². The van der Waals surface area contributed by atoms with Crippen molar-refractivity contribution in [3.05, 3.63) is 59.2 Å². The van der Waals surface area contributed by atoms with Gasteiger partial charge in [0.15, 0.2) is 6.10 Å². The monoisotopic (exact) mass is 355 g/mol. The maximum absolute atomic E-state index is 12.5. The topological polar surface area (TPSA) is 47.6 Å². The zero-order valence-electron chi connectivity index (χ0n) is 16.3. The average Bonchev–Trinajstić information content (AvgIpc) is 2.60. The van der Waals surface area contributed by atoms with Crippen LogP contribution >= 0.6 is 0 Å². The zero-order valence-corrected chi connectivity index (χ0v) is 16.3. The van der Waals surface area contributed by atoms with Crippen molar-refractivity contribution in [1.29, 1.82) is 0 Å². The molecule has 140 valence electrons. The molecule has 4 heteroatoms. The van der Waals surface area contributed by atoms with Crippen molar-refractivity contribution in [3.8, 4) is 11.5 Å². The van der Waals surface area contributed by atoms with Gasteiger partial charge in [-0.1, -0.05) is 36.8 Å². The first-order valence-corrected chi connectivity index (χ1v) is 9.16. The molecule has 2 aromatic carbocycles. The van der Waals surface area contributed by atoms with Gasteiger partial charge in [0.2, 0.25) is 0 Å². The molecule has 0 saturated heterocycles. The maximum Gasteiger partial charge on any atom is 0.261 e. The van der Waals surface area contributed by atoms with Crippen molar-refractivity contribution in [3.63, 3.8) is 0 Å². The van der Waals surface area contributed by atoms with Crippen LogP contribution in [0.4, 0.5) is 0 Å².